The first-order valence-corrected chi connectivity index (χ1v) is 6.11. The topological polar surface area (TPSA) is 35.5 Å². The van der Waals surface area contributed by atoms with Gasteiger partial charge in [0.1, 0.15) is 6.10 Å². The van der Waals surface area contributed by atoms with Gasteiger partial charge >= 0.3 is 0 Å². The quantitative estimate of drug-likeness (QED) is 0.700. The van der Waals surface area contributed by atoms with Crippen molar-refractivity contribution in [2.45, 2.75) is 63.8 Å². The summed E-state index contributed by atoms with van der Waals surface area (Å²) in [5, 5.41) is 0. The van der Waals surface area contributed by atoms with Gasteiger partial charge in [0.2, 0.25) is 0 Å². The van der Waals surface area contributed by atoms with Crippen LogP contribution in [0.5, 0.6) is 0 Å². The number of rotatable bonds is 5. The van der Waals surface area contributed by atoms with E-state index in [2.05, 4.69) is 6.92 Å². The smallest absolute Gasteiger partial charge is 0.166 e. The lowest BCUT2D eigenvalue weighted by atomic mass is 9.89. The maximum Gasteiger partial charge on any atom is 0.166 e. The van der Waals surface area contributed by atoms with Crippen LogP contribution in [0.3, 0.4) is 0 Å². The highest BCUT2D eigenvalue weighted by Gasteiger charge is 2.42. The highest BCUT2D eigenvalue weighted by atomic mass is 16.6. The number of carbonyl (C=O) groups is 1. The Morgan fingerprint density at radius 2 is 2.07 bits per heavy atom. The molecule has 2 rings (SSSR count). The van der Waals surface area contributed by atoms with E-state index >= 15 is 0 Å². The molecule has 86 valence electrons. The molecule has 2 aliphatic carbocycles. The molecule has 0 spiro atoms. The van der Waals surface area contributed by atoms with E-state index in [9.17, 15) is 4.79 Å². The van der Waals surface area contributed by atoms with Crippen molar-refractivity contribution in [1.29, 1.82) is 0 Å². The van der Waals surface area contributed by atoms with Crippen LogP contribution in [0.25, 0.3) is 0 Å². The Hall–Kier alpha value is -0.410. The van der Waals surface area contributed by atoms with E-state index in [0.717, 1.165) is 19.3 Å². The number of Topliss-reactive ketones (excluding diaryl/α,β-unsaturated/α-hetero) is 1. The standard InChI is InChI=1S/C12H20O3/c1-2-7-14-12-10(13)8-11(12)15-9-5-3-4-6-9/h9,11-12H,2-8H2,1H3. The largest absolute Gasteiger partial charge is 0.371 e. The monoisotopic (exact) mass is 212 g/mol. The fourth-order valence-corrected chi connectivity index (χ4v) is 2.30. The Morgan fingerprint density at radius 3 is 2.67 bits per heavy atom. The Bertz CT molecular complexity index is 221. The van der Waals surface area contributed by atoms with Crippen LogP contribution in [0.4, 0.5) is 0 Å². The van der Waals surface area contributed by atoms with Crippen LogP contribution in [0, 0.1) is 0 Å². The molecule has 0 amide bonds. The lowest BCUT2D eigenvalue weighted by Gasteiger charge is -2.36. The average molecular weight is 212 g/mol. The molecule has 2 saturated carbocycles. The highest BCUT2D eigenvalue weighted by Crippen LogP contribution is 2.29. The zero-order chi connectivity index (χ0) is 10.7. The van der Waals surface area contributed by atoms with E-state index < -0.39 is 0 Å². The summed E-state index contributed by atoms with van der Waals surface area (Å²) in [6.07, 6.45) is 6.55. The second-order valence-electron chi connectivity index (χ2n) is 4.54. The van der Waals surface area contributed by atoms with Gasteiger partial charge in [0.25, 0.3) is 0 Å². The average Bonchev–Trinajstić information content (AvgIpc) is 2.70. The summed E-state index contributed by atoms with van der Waals surface area (Å²) in [5.41, 5.74) is 0. The molecular formula is C12H20O3. The van der Waals surface area contributed by atoms with Crippen molar-refractivity contribution in [3.05, 3.63) is 0 Å². The fourth-order valence-electron chi connectivity index (χ4n) is 2.30. The van der Waals surface area contributed by atoms with Crippen molar-refractivity contribution >= 4 is 5.78 Å². The molecule has 0 N–H and O–H groups in total. The number of carbonyl (C=O) groups excluding carboxylic acids is 1. The molecular weight excluding hydrogens is 192 g/mol. The molecule has 2 atom stereocenters. The van der Waals surface area contributed by atoms with E-state index in [4.69, 9.17) is 9.47 Å². The molecule has 3 nitrogen and oxygen atoms in total. The molecule has 0 radical (unpaired) electrons. The van der Waals surface area contributed by atoms with Gasteiger partial charge in [-0.05, 0) is 19.3 Å². The van der Waals surface area contributed by atoms with Crippen LogP contribution >= 0.6 is 0 Å². The molecule has 15 heavy (non-hydrogen) atoms. The zero-order valence-electron chi connectivity index (χ0n) is 9.41. The van der Waals surface area contributed by atoms with Gasteiger partial charge in [0, 0.05) is 13.0 Å². The summed E-state index contributed by atoms with van der Waals surface area (Å²) in [5.74, 6) is 0.214. The maximum atomic E-state index is 11.3. The van der Waals surface area contributed by atoms with Crippen molar-refractivity contribution in [1.82, 2.24) is 0 Å². The number of hydrogen-bond donors (Lipinski definition) is 0. The third kappa shape index (κ3) is 2.58. The second-order valence-corrected chi connectivity index (χ2v) is 4.54. The first-order valence-electron chi connectivity index (χ1n) is 6.11. The Kier molecular flexibility index (Phi) is 3.76. The molecule has 2 fully saturated rings. The minimum atomic E-state index is -0.259. The maximum absolute atomic E-state index is 11.3. The van der Waals surface area contributed by atoms with Gasteiger partial charge in [-0.1, -0.05) is 19.8 Å². The zero-order valence-corrected chi connectivity index (χ0v) is 9.41. The first-order chi connectivity index (χ1) is 7.31. The van der Waals surface area contributed by atoms with Crippen LogP contribution in [0.2, 0.25) is 0 Å². The molecule has 0 saturated heterocycles. The number of ether oxygens (including phenoxy) is 2. The lowest BCUT2D eigenvalue weighted by Crippen LogP contribution is -2.51. The summed E-state index contributed by atoms with van der Waals surface area (Å²) in [6.45, 7) is 2.72. The van der Waals surface area contributed by atoms with Gasteiger partial charge < -0.3 is 9.47 Å². The van der Waals surface area contributed by atoms with Crippen LogP contribution in [-0.4, -0.2) is 30.7 Å². The van der Waals surface area contributed by atoms with Gasteiger partial charge in [0.15, 0.2) is 5.78 Å². The second kappa shape index (κ2) is 5.08. The number of hydrogen-bond acceptors (Lipinski definition) is 3. The predicted octanol–water partition coefficient (Wildman–Crippen LogP) is 2.08. The van der Waals surface area contributed by atoms with E-state index in [-0.39, 0.29) is 18.0 Å². The molecule has 0 aromatic carbocycles. The molecule has 0 heterocycles. The van der Waals surface area contributed by atoms with E-state index in [0.29, 0.717) is 19.1 Å². The fraction of sp³-hybridized carbons (Fsp3) is 0.917. The molecule has 0 bridgehead atoms. The van der Waals surface area contributed by atoms with Gasteiger partial charge in [-0.2, -0.15) is 0 Å². The summed E-state index contributed by atoms with van der Waals surface area (Å²) in [6, 6.07) is 0. The van der Waals surface area contributed by atoms with Crippen molar-refractivity contribution < 1.29 is 14.3 Å². The molecule has 2 aliphatic rings. The predicted molar refractivity (Wildman–Crippen MR) is 56.8 cm³/mol. The molecule has 3 heteroatoms. The van der Waals surface area contributed by atoms with E-state index in [1.54, 1.807) is 0 Å². The number of ketones is 1. The minimum Gasteiger partial charge on any atom is -0.371 e. The third-order valence-electron chi connectivity index (χ3n) is 3.23. The summed E-state index contributed by atoms with van der Waals surface area (Å²) in [4.78, 5) is 11.3. The molecule has 0 aromatic heterocycles. The van der Waals surface area contributed by atoms with Crippen molar-refractivity contribution in [2.24, 2.45) is 0 Å². The van der Waals surface area contributed by atoms with Gasteiger partial charge in [-0.3, -0.25) is 4.79 Å². The Labute approximate surface area is 91.1 Å². The first kappa shape index (κ1) is 11.1. The van der Waals surface area contributed by atoms with Gasteiger partial charge in [-0.15, -0.1) is 0 Å². The lowest BCUT2D eigenvalue weighted by molar-refractivity contribution is -0.173. The van der Waals surface area contributed by atoms with Crippen LogP contribution in [-0.2, 0) is 14.3 Å². The molecule has 0 aliphatic heterocycles. The van der Waals surface area contributed by atoms with Crippen molar-refractivity contribution in [3.63, 3.8) is 0 Å². The Morgan fingerprint density at radius 1 is 1.33 bits per heavy atom. The molecule has 2 unspecified atom stereocenters. The van der Waals surface area contributed by atoms with Crippen LogP contribution < -0.4 is 0 Å². The summed E-state index contributed by atoms with van der Waals surface area (Å²) < 4.78 is 11.4. The highest BCUT2D eigenvalue weighted by molar-refractivity contribution is 5.90. The normalized spacial score (nSPS) is 31.9. The summed E-state index contributed by atoms with van der Waals surface area (Å²) in [7, 11) is 0. The SMILES string of the molecule is CCCOC1C(=O)CC1OC1CCCC1. The summed E-state index contributed by atoms with van der Waals surface area (Å²) >= 11 is 0. The van der Waals surface area contributed by atoms with Crippen LogP contribution in [0.1, 0.15) is 45.4 Å². The van der Waals surface area contributed by atoms with Crippen molar-refractivity contribution in [2.75, 3.05) is 6.61 Å². The van der Waals surface area contributed by atoms with E-state index in [1.165, 1.54) is 12.8 Å². The molecule has 0 aromatic rings. The van der Waals surface area contributed by atoms with Crippen molar-refractivity contribution in [3.8, 4) is 0 Å². The van der Waals surface area contributed by atoms with Crippen LogP contribution in [0.15, 0.2) is 0 Å². The van der Waals surface area contributed by atoms with Gasteiger partial charge in [-0.25, -0.2) is 0 Å². The van der Waals surface area contributed by atoms with E-state index in [1.807, 2.05) is 0 Å². The van der Waals surface area contributed by atoms with Gasteiger partial charge in [0.05, 0.1) is 12.2 Å². The Balaban J connectivity index is 1.74. The minimum absolute atomic E-state index is 0.0483. The third-order valence-corrected chi connectivity index (χ3v) is 3.23.